The largest absolute Gasteiger partial charge is 0.355 e. The van der Waals surface area contributed by atoms with Gasteiger partial charge in [-0.25, -0.2) is 0 Å². The molecule has 0 spiro atoms. The summed E-state index contributed by atoms with van der Waals surface area (Å²) in [4.78, 5) is 17.0. The minimum atomic E-state index is -0.172. The second-order valence-corrected chi connectivity index (χ2v) is 8.37. The van der Waals surface area contributed by atoms with Crippen molar-refractivity contribution >= 4 is 17.3 Å². The molecule has 0 N–H and O–H groups in total. The molecular formula is C23H26N6O. The van der Waals surface area contributed by atoms with Crippen molar-refractivity contribution in [1.29, 1.82) is 0 Å². The predicted octanol–water partition coefficient (Wildman–Crippen LogP) is 3.75. The Balaban J connectivity index is 1.61. The van der Waals surface area contributed by atoms with Gasteiger partial charge in [-0.1, -0.05) is 30.5 Å². The van der Waals surface area contributed by atoms with Crippen molar-refractivity contribution in [2.75, 3.05) is 16.8 Å². The SMILES string of the molecule is Cc1ccc(-n2nnnc2-c2ccc3c(c2)N(C2CCCC2)C(C)C(=O)N3C)cc1. The van der Waals surface area contributed by atoms with Gasteiger partial charge in [0.2, 0.25) is 5.91 Å². The van der Waals surface area contributed by atoms with Crippen LogP contribution in [0.1, 0.15) is 38.2 Å². The van der Waals surface area contributed by atoms with Crippen LogP contribution in [0.2, 0.25) is 0 Å². The maximum atomic E-state index is 12.9. The van der Waals surface area contributed by atoms with Gasteiger partial charge in [0.25, 0.3) is 0 Å². The molecule has 1 aromatic heterocycles. The van der Waals surface area contributed by atoms with Gasteiger partial charge in [0.05, 0.1) is 17.1 Å². The summed E-state index contributed by atoms with van der Waals surface area (Å²) in [6, 6.07) is 14.5. The number of carbonyl (C=O) groups is 1. The van der Waals surface area contributed by atoms with Crippen molar-refractivity contribution in [3.8, 4) is 17.1 Å². The lowest BCUT2D eigenvalue weighted by Gasteiger charge is -2.43. The van der Waals surface area contributed by atoms with Crippen molar-refractivity contribution in [1.82, 2.24) is 20.2 Å². The summed E-state index contributed by atoms with van der Waals surface area (Å²) in [6.45, 7) is 4.08. The van der Waals surface area contributed by atoms with Crippen LogP contribution >= 0.6 is 0 Å². The zero-order valence-electron chi connectivity index (χ0n) is 17.6. The van der Waals surface area contributed by atoms with Crippen LogP contribution in [0.25, 0.3) is 17.1 Å². The molecule has 5 rings (SSSR count). The summed E-state index contributed by atoms with van der Waals surface area (Å²) in [7, 11) is 1.86. The molecule has 0 radical (unpaired) electrons. The molecule has 0 saturated heterocycles. The second-order valence-electron chi connectivity index (χ2n) is 8.37. The molecule has 0 bridgehead atoms. The molecule has 154 valence electrons. The Kier molecular flexibility index (Phi) is 4.53. The Morgan fingerprint density at radius 3 is 2.47 bits per heavy atom. The number of aryl methyl sites for hydroxylation is 1. The van der Waals surface area contributed by atoms with Crippen LogP contribution in [0, 0.1) is 6.92 Å². The fraction of sp³-hybridized carbons (Fsp3) is 0.391. The Bertz CT molecular complexity index is 1080. The van der Waals surface area contributed by atoms with Crippen LogP contribution in [0.3, 0.4) is 0 Å². The van der Waals surface area contributed by atoms with E-state index in [9.17, 15) is 4.79 Å². The fourth-order valence-electron chi connectivity index (χ4n) is 4.80. The van der Waals surface area contributed by atoms with Crippen LogP contribution in [-0.4, -0.2) is 45.2 Å². The average molecular weight is 403 g/mol. The van der Waals surface area contributed by atoms with Gasteiger partial charge < -0.3 is 9.80 Å². The van der Waals surface area contributed by atoms with E-state index in [0.717, 1.165) is 35.5 Å². The summed E-state index contributed by atoms with van der Waals surface area (Å²) in [5.41, 5.74) is 5.09. The minimum Gasteiger partial charge on any atom is -0.355 e. The van der Waals surface area contributed by atoms with Gasteiger partial charge >= 0.3 is 0 Å². The second kappa shape index (κ2) is 7.23. The molecule has 1 unspecified atom stereocenters. The highest BCUT2D eigenvalue weighted by molar-refractivity contribution is 6.05. The fourth-order valence-corrected chi connectivity index (χ4v) is 4.80. The summed E-state index contributed by atoms with van der Waals surface area (Å²) < 4.78 is 1.77. The first kappa shape index (κ1) is 18.8. The molecule has 1 amide bonds. The number of hydrogen-bond donors (Lipinski definition) is 0. The lowest BCUT2D eigenvalue weighted by atomic mass is 10.0. The molecule has 2 heterocycles. The topological polar surface area (TPSA) is 67.2 Å². The van der Waals surface area contributed by atoms with E-state index in [2.05, 4.69) is 45.5 Å². The number of nitrogens with zero attached hydrogens (tertiary/aromatic N) is 6. The number of benzene rings is 2. The number of likely N-dealkylation sites (N-methyl/N-ethyl adjacent to an activating group) is 1. The maximum Gasteiger partial charge on any atom is 0.249 e. The third-order valence-corrected chi connectivity index (χ3v) is 6.44. The predicted molar refractivity (Wildman–Crippen MR) is 117 cm³/mol. The lowest BCUT2D eigenvalue weighted by molar-refractivity contribution is -0.119. The van der Waals surface area contributed by atoms with Gasteiger partial charge in [-0.2, -0.15) is 4.68 Å². The van der Waals surface area contributed by atoms with E-state index in [1.807, 2.05) is 38.2 Å². The summed E-state index contributed by atoms with van der Waals surface area (Å²) >= 11 is 0. The molecule has 1 aliphatic heterocycles. The normalized spacial score (nSPS) is 19.4. The van der Waals surface area contributed by atoms with Crippen LogP contribution < -0.4 is 9.80 Å². The third kappa shape index (κ3) is 2.96. The number of amides is 1. The van der Waals surface area contributed by atoms with Crippen LogP contribution in [0.5, 0.6) is 0 Å². The first-order valence-electron chi connectivity index (χ1n) is 10.6. The molecule has 3 aromatic rings. The van der Waals surface area contributed by atoms with Crippen molar-refractivity contribution < 1.29 is 4.79 Å². The Morgan fingerprint density at radius 2 is 1.73 bits per heavy atom. The van der Waals surface area contributed by atoms with Crippen molar-refractivity contribution in [3.63, 3.8) is 0 Å². The quantitative estimate of drug-likeness (QED) is 0.667. The monoisotopic (exact) mass is 402 g/mol. The zero-order chi connectivity index (χ0) is 20.8. The zero-order valence-corrected chi connectivity index (χ0v) is 17.6. The molecule has 1 fully saturated rings. The number of rotatable bonds is 3. The van der Waals surface area contributed by atoms with E-state index in [-0.39, 0.29) is 11.9 Å². The van der Waals surface area contributed by atoms with Crippen LogP contribution in [0.4, 0.5) is 11.4 Å². The molecule has 1 aliphatic carbocycles. The number of tetrazole rings is 1. The molecule has 30 heavy (non-hydrogen) atoms. The van der Waals surface area contributed by atoms with E-state index >= 15 is 0 Å². The highest BCUT2D eigenvalue weighted by Crippen LogP contribution is 2.42. The minimum absolute atomic E-state index is 0.145. The lowest BCUT2D eigenvalue weighted by Crippen LogP contribution is -2.54. The molecule has 2 aliphatic rings. The number of carbonyl (C=O) groups excluding carboxylic acids is 1. The smallest absolute Gasteiger partial charge is 0.249 e. The van der Waals surface area contributed by atoms with Gasteiger partial charge in [-0.05, 0) is 67.4 Å². The molecule has 2 aromatic carbocycles. The Labute approximate surface area is 176 Å². The van der Waals surface area contributed by atoms with E-state index in [4.69, 9.17) is 0 Å². The van der Waals surface area contributed by atoms with Gasteiger partial charge in [-0.3, -0.25) is 4.79 Å². The summed E-state index contributed by atoms with van der Waals surface area (Å²) in [5.74, 6) is 0.840. The van der Waals surface area contributed by atoms with Crippen molar-refractivity contribution in [3.05, 3.63) is 48.0 Å². The Hall–Kier alpha value is -3.22. The number of aromatic nitrogens is 4. The van der Waals surface area contributed by atoms with Gasteiger partial charge in [0.1, 0.15) is 6.04 Å². The highest BCUT2D eigenvalue weighted by atomic mass is 16.2. The third-order valence-electron chi connectivity index (χ3n) is 6.44. The standard InChI is InChI=1S/C23H26N6O/c1-15-8-11-19(12-9-15)29-22(24-25-26-29)17-10-13-20-21(14-17)28(18-6-4-5-7-18)16(2)23(30)27(20)3/h8-14,16,18H,4-7H2,1-3H3. The van der Waals surface area contributed by atoms with E-state index in [1.54, 1.807) is 9.58 Å². The number of fused-ring (bicyclic) bond motifs is 1. The molecule has 1 saturated carbocycles. The highest BCUT2D eigenvalue weighted by Gasteiger charge is 2.38. The average Bonchev–Trinajstić information content (AvgIpc) is 3.45. The van der Waals surface area contributed by atoms with Gasteiger partial charge in [0.15, 0.2) is 5.82 Å². The van der Waals surface area contributed by atoms with Gasteiger partial charge in [0, 0.05) is 18.7 Å². The van der Waals surface area contributed by atoms with E-state index < -0.39 is 0 Å². The first-order chi connectivity index (χ1) is 14.5. The van der Waals surface area contributed by atoms with E-state index in [0.29, 0.717) is 11.9 Å². The molecular weight excluding hydrogens is 376 g/mol. The molecule has 1 atom stereocenters. The number of hydrogen-bond acceptors (Lipinski definition) is 5. The van der Waals surface area contributed by atoms with Gasteiger partial charge in [-0.15, -0.1) is 5.10 Å². The van der Waals surface area contributed by atoms with Crippen LogP contribution in [-0.2, 0) is 4.79 Å². The summed E-state index contributed by atoms with van der Waals surface area (Å²) in [5, 5.41) is 12.5. The van der Waals surface area contributed by atoms with Crippen molar-refractivity contribution in [2.24, 2.45) is 0 Å². The van der Waals surface area contributed by atoms with E-state index in [1.165, 1.54) is 18.4 Å². The maximum absolute atomic E-state index is 12.9. The first-order valence-corrected chi connectivity index (χ1v) is 10.6. The Morgan fingerprint density at radius 1 is 1.00 bits per heavy atom. The summed E-state index contributed by atoms with van der Waals surface area (Å²) in [6.07, 6.45) is 4.70. The van der Waals surface area contributed by atoms with Crippen LogP contribution in [0.15, 0.2) is 42.5 Å². The number of anilines is 2. The van der Waals surface area contributed by atoms with Crippen molar-refractivity contribution in [2.45, 2.75) is 51.6 Å². The molecule has 7 nitrogen and oxygen atoms in total. The molecule has 7 heteroatoms.